The average molecular weight is 480 g/mol. The predicted octanol–water partition coefficient (Wildman–Crippen LogP) is 2.72. The first-order chi connectivity index (χ1) is 12.0. The van der Waals surface area contributed by atoms with Gasteiger partial charge >= 0.3 is 0 Å². The van der Waals surface area contributed by atoms with Gasteiger partial charge in [0.15, 0.2) is 5.96 Å². The van der Waals surface area contributed by atoms with E-state index in [0.717, 1.165) is 32.1 Å². The maximum Gasteiger partial charge on any atom is 0.242 e. The summed E-state index contributed by atoms with van der Waals surface area (Å²) in [5.74, 6) is 0.992. The Morgan fingerprint density at radius 1 is 1.23 bits per heavy atom. The van der Waals surface area contributed by atoms with E-state index in [9.17, 15) is 4.79 Å². The summed E-state index contributed by atoms with van der Waals surface area (Å²) in [7, 11) is 1.95. The van der Waals surface area contributed by atoms with Gasteiger partial charge in [0.1, 0.15) is 0 Å². The van der Waals surface area contributed by atoms with Gasteiger partial charge in [-0.1, -0.05) is 6.42 Å². The van der Waals surface area contributed by atoms with Crippen LogP contribution in [0.4, 0.5) is 0 Å². The van der Waals surface area contributed by atoms with Crippen molar-refractivity contribution < 1.29 is 9.53 Å². The molecular weight excluding hydrogens is 443 g/mol. The summed E-state index contributed by atoms with van der Waals surface area (Å²) in [4.78, 5) is 20.9. The molecule has 2 saturated carbocycles. The number of hydrogen-bond acceptors (Lipinski definition) is 3. The Hall–Kier alpha value is -0.570. The smallest absolute Gasteiger partial charge is 0.242 e. The third-order valence-electron chi connectivity index (χ3n) is 5.90. The Morgan fingerprint density at radius 2 is 1.88 bits per heavy atom. The molecule has 26 heavy (non-hydrogen) atoms. The summed E-state index contributed by atoms with van der Waals surface area (Å²) in [5.41, 5.74) is 0.286. The molecule has 2 aliphatic carbocycles. The van der Waals surface area contributed by atoms with Crippen LogP contribution in [-0.2, 0) is 9.53 Å². The van der Waals surface area contributed by atoms with Crippen molar-refractivity contribution in [2.45, 2.75) is 65.5 Å². The van der Waals surface area contributed by atoms with Crippen molar-refractivity contribution in [2.75, 3.05) is 39.8 Å². The number of aliphatic imine (C=N–C) groups is 1. The SMILES string of the molecule is CCN=C(NC1CC(OCC)C12CCC2)N(C)CC(=O)N(CC)CC.I. The van der Waals surface area contributed by atoms with Crippen LogP contribution in [0.15, 0.2) is 4.99 Å². The second-order valence-corrected chi connectivity index (χ2v) is 7.18. The molecule has 0 aliphatic heterocycles. The van der Waals surface area contributed by atoms with Crippen LogP contribution in [0.25, 0.3) is 0 Å². The number of nitrogens with zero attached hydrogens (tertiary/aromatic N) is 3. The van der Waals surface area contributed by atoms with Crippen molar-refractivity contribution in [1.82, 2.24) is 15.1 Å². The minimum absolute atomic E-state index is 0. The molecule has 7 heteroatoms. The van der Waals surface area contributed by atoms with Crippen molar-refractivity contribution >= 4 is 35.8 Å². The fourth-order valence-corrected chi connectivity index (χ4v) is 4.18. The summed E-state index contributed by atoms with van der Waals surface area (Å²) in [5, 5.41) is 3.64. The molecule has 2 unspecified atom stereocenters. The van der Waals surface area contributed by atoms with Crippen molar-refractivity contribution in [3.63, 3.8) is 0 Å². The van der Waals surface area contributed by atoms with E-state index < -0.39 is 0 Å². The number of guanidine groups is 1. The van der Waals surface area contributed by atoms with Crippen LogP contribution in [0.1, 0.15) is 53.4 Å². The highest BCUT2D eigenvalue weighted by Gasteiger charge is 2.59. The summed E-state index contributed by atoms with van der Waals surface area (Å²) < 4.78 is 5.94. The summed E-state index contributed by atoms with van der Waals surface area (Å²) in [6.45, 7) is 11.5. The summed E-state index contributed by atoms with van der Waals surface area (Å²) >= 11 is 0. The van der Waals surface area contributed by atoms with Crippen LogP contribution in [0.2, 0.25) is 0 Å². The van der Waals surface area contributed by atoms with Crippen molar-refractivity contribution in [2.24, 2.45) is 10.4 Å². The molecule has 1 N–H and O–H groups in total. The molecule has 0 bridgehead atoms. The average Bonchev–Trinajstić information content (AvgIpc) is 2.52. The van der Waals surface area contributed by atoms with Gasteiger partial charge in [-0.3, -0.25) is 9.79 Å². The fourth-order valence-electron chi connectivity index (χ4n) is 4.18. The van der Waals surface area contributed by atoms with Crippen LogP contribution in [0.5, 0.6) is 0 Å². The number of nitrogens with one attached hydrogen (secondary N) is 1. The molecule has 6 nitrogen and oxygen atoms in total. The second-order valence-electron chi connectivity index (χ2n) is 7.18. The van der Waals surface area contributed by atoms with Crippen LogP contribution in [0, 0.1) is 5.41 Å². The highest BCUT2D eigenvalue weighted by atomic mass is 127. The van der Waals surface area contributed by atoms with E-state index in [1.165, 1.54) is 19.3 Å². The Morgan fingerprint density at radius 3 is 2.35 bits per heavy atom. The molecular formula is C19H37IN4O2. The lowest BCUT2D eigenvalue weighted by Gasteiger charge is -2.61. The number of ether oxygens (including phenoxy) is 1. The van der Waals surface area contributed by atoms with Crippen LogP contribution >= 0.6 is 24.0 Å². The van der Waals surface area contributed by atoms with Crippen LogP contribution < -0.4 is 5.32 Å². The number of carbonyl (C=O) groups excluding carboxylic acids is 1. The van der Waals surface area contributed by atoms with Gasteiger partial charge in [0, 0.05) is 44.7 Å². The molecule has 2 aliphatic rings. The highest BCUT2D eigenvalue weighted by molar-refractivity contribution is 14.0. The zero-order chi connectivity index (χ0) is 18.4. The molecule has 152 valence electrons. The standard InChI is InChI=1S/C19H36N4O2.HI/c1-6-20-18(22(5)14-17(24)23(7-2)8-3)21-15-13-16(25-9-4)19(15)11-10-12-19;/h15-16H,6-14H2,1-5H3,(H,20,21);1H. The fraction of sp³-hybridized carbons (Fsp3) is 0.895. The molecule has 0 radical (unpaired) electrons. The molecule has 0 aromatic carbocycles. The number of likely N-dealkylation sites (N-methyl/N-ethyl adjacent to an activating group) is 2. The summed E-state index contributed by atoms with van der Waals surface area (Å²) in [6.07, 6.45) is 5.18. The largest absolute Gasteiger partial charge is 0.378 e. The lowest BCUT2D eigenvalue weighted by atomic mass is 9.51. The third kappa shape index (κ3) is 4.82. The van der Waals surface area contributed by atoms with E-state index in [1.807, 2.05) is 37.6 Å². The first-order valence-electron chi connectivity index (χ1n) is 9.93. The van der Waals surface area contributed by atoms with Crippen molar-refractivity contribution in [3.05, 3.63) is 0 Å². The van der Waals surface area contributed by atoms with Gasteiger partial charge < -0.3 is 19.9 Å². The lowest BCUT2D eigenvalue weighted by Crippen LogP contribution is -2.68. The minimum Gasteiger partial charge on any atom is -0.378 e. The molecule has 0 heterocycles. The molecule has 2 rings (SSSR count). The minimum atomic E-state index is 0. The van der Waals surface area contributed by atoms with Crippen LogP contribution in [0.3, 0.4) is 0 Å². The predicted molar refractivity (Wildman–Crippen MR) is 117 cm³/mol. The number of rotatable bonds is 8. The zero-order valence-electron chi connectivity index (χ0n) is 17.1. The van der Waals surface area contributed by atoms with Crippen LogP contribution in [-0.4, -0.2) is 73.6 Å². The van der Waals surface area contributed by atoms with E-state index in [2.05, 4.69) is 17.2 Å². The Kier molecular flexibility index (Phi) is 9.64. The van der Waals surface area contributed by atoms with Gasteiger partial charge in [0.05, 0.1) is 12.6 Å². The normalized spacial score (nSPS) is 23.5. The van der Waals surface area contributed by atoms with Crippen molar-refractivity contribution in [1.29, 1.82) is 0 Å². The number of hydrogen-bond donors (Lipinski definition) is 1. The second kappa shape index (κ2) is 10.7. The number of amides is 1. The molecule has 0 saturated heterocycles. The highest BCUT2D eigenvalue weighted by Crippen LogP contribution is 2.57. The molecule has 0 aromatic heterocycles. The monoisotopic (exact) mass is 480 g/mol. The lowest BCUT2D eigenvalue weighted by molar-refractivity contribution is -0.169. The van der Waals surface area contributed by atoms with Gasteiger partial charge in [0.2, 0.25) is 5.91 Å². The van der Waals surface area contributed by atoms with E-state index in [-0.39, 0.29) is 35.3 Å². The van der Waals surface area contributed by atoms with Gasteiger partial charge in [0.25, 0.3) is 0 Å². The zero-order valence-corrected chi connectivity index (χ0v) is 19.4. The molecule has 2 atom stereocenters. The van der Waals surface area contributed by atoms with Gasteiger partial charge in [-0.25, -0.2) is 0 Å². The summed E-state index contributed by atoms with van der Waals surface area (Å²) in [6, 6.07) is 0.411. The molecule has 1 spiro atoms. The van der Waals surface area contributed by atoms with E-state index in [0.29, 0.717) is 25.2 Å². The number of carbonyl (C=O) groups is 1. The quantitative estimate of drug-likeness (QED) is 0.330. The first-order valence-corrected chi connectivity index (χ1v) is 9.93. The topological polar surface area (TPSA) is 57.2 Å². The maximum absolute atomic E-state index is 12.4. The van der Waals surface area contributed by atoms with Gasteiger partial charge in [-0.2, -0.15) is 0 Å². The molecule has 2 fully saturated rings. The Balaban J connectivity index is 0.00000338. The maximum atomic E-state index is 12.4. The first kappa shape index (κ1) is 23.5. The van der Waals surface area contributed by atoms with Gasteiger partial charge in [-0.15, -0.1) is 24.0 Å². The Labute approximate surface area is 176 Å². The van der Waals surface area contributed by atoms with E-state index in [4.69, 9.17) is 4.74 Å². The van der Waals surface area contributed by atoms with Gasteiger partial charge in [-0.05, 0) is 47.0 Å². The molecule has 0 aromatic rings. The number of halogens is 1. The van der Waals surface area contributed by atoms with E-state index >= 15 is 0 Å². The third-order valence-corrected chi connectivity index (χ3v) is 5.90. The van der Waals surface area contributed by atoms with E-state index in [1.54, 1.807) is 0 Å². The van der Waals surface area contributed by atoms with Crippen molar-refractivity contribution in [3.8, 4) is 0 Å². The molecule has 1 amide bonds. The Bertz CT molecular complexity index is 478.